The molecule has 0 radical (unpaired) electrons. The Kier molecular flexibility index (Phi) is 8.02. The average molecular weight is 318 g/mol. The van der Waals surface area contributed by atoms with Crippen LogP contribution in [0.2, 0.25) is 0 Å². The summed E-state index contributed by atoms with van der Waals surface area (Å²) in [5.41, 5.74) is 0. The van der Waals surface area contributed by atoms with E-state index in [0.29, 0.717) is 24.4 Å². The average Bonchev–Trinajstić information content (AvgIpc) is 2.89. The molecule has 1 aliphatic heterocycles. The highest BCUT2D eigenvalue weighted by atomic mass is 32.2. The second-order valence-corrected chi connectivity index (χ2v) is 7.28. The molecule has 5 nitrogen and oxygen atoms in total. The number of carbonyl (C=O) groups is 1. The monoisotopic (exact) mass is 318 g/mol. The Hall–Kier alpha value is -0.300. The second kappa shape index (κ2) is 8.98. The molecule has 21 heavy (non-hydrogen) atoms. The van der Waals surface area contributed by atoms with Crippen LogP contribution in [0.15, 0.2) is 0 Å². The molecule has 124 valence electrons. The molecule has 1 saturated heterocycles. The van der Waals surface area contributed by atoms with Gasteiger partial charge < -0.3 is 20.5 Å². The maximum atomic E-state index is 12.3. The van der Waals surface area contributed by atoms with Crippen LogP contribution >= 0.6 is 11.8 Å². The van der Waals surface area contributed by atoms with Gasteiger partial charge in [0, 0.05) is 31.4 Å². The van der Waals surface area contributed by atoms with E-state index in [-0.39, 0.29) is 23.8 Å². The second-order valence-electron chi connectivity index (χ2n) is 5.91. The van der Waals surface area contributed by atoms with Gasteiger partial charge in [-0.3, -0.25) is 4.79 Å². The van der Waals surface area contributed by atoms with E-state index in [4.69, 9.17) is 4.74 Å². The fourth-order valence-electron chi connectivity index (χ4n) is 2.67. The van der Waals surface area contributed by atoms with Crippen LogP contribution in [-0.2, 0) is 9.53 Å². The van der Waals surface area contributed by atoms with Gasteiger partial charge in [0.25, 0.3) is 0 Å². The zero-order valence-electron chi connectivity index (χ0n) is 13.8. The molecule has 1 fully saturated rings. The third-order valence-electron chi connectivity index (χ3n) is 4.33. The molecule has 3 N–H and O–H groups in total. The van der Waals surface area contributed by atoms with Crippen LogP contribution < -0.4 is 10.6 Å². The molecule has 1 rings (SSSR count). The van der Waals surface area contributed by atoms with Gasteiger partial charge in [-0.15, -0.1) is 11.8 Å². The van der Waals surface area contributed by atoms with E-state index in [1.54, 1.807) is 7.11 Å². The van der Waals surface area contributed by atoms with Gasteiger partial charge in [0.15, 0.2) is 0 Å². The maximum Gasteiger partial charge on any atom is 0.223 e. The first-order valence-corrected chi connectivity index (χ1v) is 8.81. The Morgan fingerprint density at radius 1 is 1.52 bits per heavy atom. The molecule has 6 atom stereocenters. The molecule has 1 amide bonds. The van der Waals surface area contributed by atoms with Crippen molar-refractivity contribution in [1.29, 1.82) is 0 Å². The summed E-state index contributed by atoms with van der Waals surface area (Å²) in [5.74, 6) is 0.831. The lowest BCUT2D eigenvalue weighted by atomic mass is 9.86. The molecule has 0 saturated carbocycles. The predicted octanol–water partition coefficient (Wildman–Crippen LogP) is 1.21. The van der Waals surface area contributed by atoms with Gasteiger partial charge in [0.1, 0.15) is 0 Å². The summed E-state index contributed by atoms with van der Waals surface area (Å²) in [5, 5.41) is 16.9. The molecule has 0 aromatic heterocycles. The van der Waals surface area contributed by atoms with Crippen LogP contribution in [0, 0.1) is 11.8 Å². The van der Waals surface area contributed by atoms with Crippen molar-refractivity contribution >= 4 is 17.7 Å². The van der Waals surface area contributed by atoms with Crippen molar-refractivity contribution < 1.29 is 14.6 Å². The van der Waals surface area contributed by atoms with E-state index >= 15 is 0 Å². The van der Waals surface area contributed by atoms with Gasteiger partial charge in [0.2, 0.25) is 5.91 Å². The number of thioether (sulfide) groups is 1. The Balaban J connectivity index is 2.44. The first-order valence-electron chi connectivity index (χ1n) is 7.76. The van der Waals surface area contributed by atoms with Gasteiger partial charge in [-0.25, -0.2) is 0 Å². The van der Waals surface area contributed by atoms with Crippen LogP contribution in [0.25, 0.3) is 0 Å². The highest BCUT2D eigenvalue weighted by molar-refractivity contribution is 8.00. The van der Waals surface area contributed by atoms with Crippen molar-refractivity contribution in [3.63, 3.8) is 0 Å². The standard InChI is InChI=1S/C15H30N2O3S/c1-6-13(18)14(20-5)9(2)10(3)15(19)16-7-12-8-21-11(4)17-12/h9-14,17-18H,6-8H2,1-5H3,(H,16,19)/t9-,10?,11?,12?,13?,14+/m1/s1. The smallest absolute Gasteiger partial charge is 0.223 e. The largest absolute Gasteiger partial charge is 0.390 e. The summed E-state index contributed by atoms with van der Waals surface area (Å²) in [7, 11) is 1.59. The number of ether oxygens (including phenoxy) is 1. The number of amides is 1. The Labute approximate surface area is 132 Å². The van der Waals surface area contributed by atoms with Crippen LogP contribution in [-0.4, -0.2) is 54.0 Å². The third-order valence-corrected chi connectivity index (χ3v) is 5.56. The predicted molar refractivity (Wildman–Crippen MR) is 87.3 cm³/mol. The zero-order valence-corrected chi connectivity index (χ0v) is 14.6. The molecule has 0 spiro atoms. The van der Waals surface area contributed by atoms with Crippen molar-refractivity contribution in [2.75, 3.05) is 19.4 Å². The van der Waals surface area contributed by atoms with Gasteiger partial charge in [0.05, 0.1) is 17.6 Å². The number of aliphatic hydroxyl groups is 1. The van der Waals surface area contributed by atoms with Crippen molar-refractivity contribution in [2.24, 2.45) is 11.8 Å². The first-order chi connectivity index (χ1) is 9.90. The zero-order chi connectivity index (χ0) is 16.0. The Morgan fingerprint density at radius 3 is 2.67 bits per heavy atom. The lowest BCUT2D eigenvalue weighted by Crippen LogP contribution is -2.45. The summed E-state index contributed by atoms with van der Waals surface area (Å²) < 4.78 is 5.38. The van der Waals surface area contributed by atoms with E-state index in [1.807, 2.05) is 32.5 Å². The van der Waals surface area contributed by atoms with Crippen LogP contribution in [0.4, 0.5) is 0 Å². The number of carbonyl (C=O) groups excluding carboxylic acids is 1. The number of hydrogen-bond acceptors (Lipinski definition) is 5. The fraction of sp³-hybridized carbons (Fsp3) is 0.933. The number of nitrogens with one attached hydrogen (secondary N) is 2. The normalized spacial score (nSPS) is 27.9. The SMILES string of the molecule is CCC(O)[C@@H](OC)[C@H](C)C(C)C(=O)NCC1CSC(C)N1. The van der Waals surface area contributed by atoms with Gasteiger partial charge in [-0.2, -0.15) is 0 Å². The summed E-state index contributed by atoms with van der Waals surface area (Å²) >= 11 is 1.87. The molecular formula is C15H30N2O3S. The summed E-state index contributed by atoms with van der Waals surface area (Å²) in [4.78, 5) is 12.3. The summed E-state index contributed by atoms with van der Waals surface area (Å²) in [6.07, 6.45) is -0.219. The maximum absolute atomic E-state index is 12.3. The van der Waals surface area contributed by atoms with Crippen molar-refractivity contribution in [2.45, 2.75) is 57.7 Å². The Bertz CT molecular complexity index is 330. The molecular weight excluding hydrogens is 288 g/mol. The van der Waals surface area contributed by atoms with E-state index in [1.165, 1.54) is 0 Å². The van der Waals surface area contributed by atoms with Crippen molar-refractivity contribution in [1.82, 2.24) is 10.6 Å². The number of hydrogen-bond donors (Lipinski definition) is 3. The number of methoxy groups -OCH3 is 1. The minimum atomic E-state index is -0.533. The highest BCUT2D eigenvalue weighted by Gasteiger charge is 2.32. The molecule has 4 unspecified atom stereocenters. The van der Waals surface area contributed by atoms with E-state index < -0.39 is 6.10 Å². The summed E-state index contributed by atoms with van der Waals surface area (Å²) in [6, 6.07) is 0.343. The van der Waals surface area contributed by atoms with Gasteiger partial charge >= 0.3 is 0 Å². The third kappa shape index (κ3) is 5.43. The number of rotatable bonds is 8. The van der Waals surface area contributed by atoms with E-state index in [2.05, 4.69) is 17.6 Å². The molecule has 0 aromatic carbocycles. The van der Waals surface area contributed by atoms with Crippen LogP contribution in [0.1, 0.15) is 34.1 Å². The minimum absolute atomic E-state index is 0.0270. The Morgan fingerprint density at radius 2 is 2.19 bits per heavy atom. The van der Waals surface area contributed by atoms with Crippen molar-refractivity contribution in [3.05, 3.63) is 0 Å². The minimum Gasteiger partial charge on any atom is -0.390 e. The fourth-order valence-corrected chi connectivity index (χ4v) is 3.69. The lowest BCUT2D eigenvalue weighted by molar-refractivity contribution is -0.130. The molecule has 1 aliphatic rings. The van der Waals surface area contributed by atoms with E-state index in [9.17, 15) is 9.90 Å². The van der Waals surface area contributed by atoms with Crippen molar-refractivity contribution in [3.8, 4) is 0 Å². The quantitative estimate of drug-likeness (QED) is 0.627. The molecule has 0 aromatic rings. The lowest BCUT2D eigenvalue weighted by Gasteiger charge is -2.30. The molecule has 1 heterocycles. The topological polar surface area (TPSA) is 70.6 Å². The first kappa shape index (κ1) is 18.7. The van der Waals surface area contributed by atoms with Gasteiger partial charge in [-0.05, 0) is 19.3 Å². The van der Waals surface area contributed by atoms with Gasteiger partial charge in [-0.1, -0.05) is 20.8 Å². The number of aliphatic hydroxyl groups excluding tert-OH is 1. The van der Waals surface area contributed by atoms with Crippen LogP contribution in [0.5, 0.6) is 0 Å². The molecule has 6 heteroatoms. The molecule has 0 bridgehead atoms. The van der Waals surface area contributed by atoms with Crippen LogP contribution in [0.3, 0.4) is 0 Å². The van der Waals surface area contributed by atoms with E-state index in [0.717, 1.165) is 5.75 Å². The molecule has 0 aliphatic carbocycles. The summed E-state index contributed by atoms with van der Waals surface area (Å²) in [6.45, 7) is 8.56. The highest BCUT2D eigenvalue weighted by Crippen LogP contribution is 2.22.